The summed E-state index contributed by atoms with van der Waals surface area (Å²) in [5.74, 6) is 0.140. The Labute approximate surface area is 159 Å². The van der Waals surface area contributed by atoms with E-state index in [4.69, 9.17) is 0 Å². The van der Waals surface area contributed by atoms with Crippen LogP contribution in [0, 0.1) is 0 Å². The van der Waals surface area contributed by atoms with Crippen LogP contribution in [0.5, 0.6) is 0 Å². The van der Waals surface area contributed by atoms with Crippen LogP contribution in [0.1, 0.15) is 38.5 Å². The first-order chi connectivity index (χ1) is 12.6. The van der Waals surface area contributed by atoms with E-state index in [2.05, 4.69) is 10.2 Å². The predicted octanol–water partition coefficient (Wildman–Crippen LogP) is 2.51. The molecule has 1 atom stereocenters. The minimum Gasteiger partial charge on any atom is -0.335 e. The van der Waals surface area contributed by atoms with Crippen LogP contribution in [-0.4, -0.2) is 66.5 Å². The molecule has 1 spiro atoms. The lowest BCUT2D eigenvalue weighted by Crippen LogP contribution is -2.64. The number of carbonyl (C=O) groups is 2. The van der Waals surface area contributed by atoms with E-state index in [0.29, 0.717) is 25.7 Å². The molecule has 1 saturated carbocycles. The van der Waals surface area contributed by atoms with Gasteiger partial charge in [-0.3, -0.25) is 9.69 Å². The van der Waals surface area contributed by atoms with Gasteiger partial charge >= 0.3 is 6.03 Å². The number of nitrogens with one attached hydrogen (secondary N) is 1. The second kappa shape index (κ2) is 7.19. The number of nitrogens with zero attached hydrogens (tertiary/aromatic N) is 3. The van der Waals surface area contributed by atoms with E-state index in [1.807, 2.05) is 33.7 Å². The number of likely N-dealkylation sites (tertiary alicyclic amines) is 1. The van der Waals surface area contributed by atoms with E-state index in [1.54, 1.807) is 11.3 Å². The van der Waals surface area contributed by atoms with E-state index >= 15 is 0 Å². The maximum atomic E-state index is 12.7. The first-order valence-electron chi connectivity index (χ1n) is 9.67. The molecular formula is C19H28N4O2S. The van der Waals surface area contributed by atoms with Gasteiger partial charge in [0, 0.05) is 31.1 Å². The van der Waals surface area contributed by atoms with Gasteiger partial charge in [0.2, 0.25) is 5.91 Å². The highest BCUT2D eigenvalue weighted by atomic mass is 32.1. The van der Waals surface area contributed by atoms with Crippen molar-refractivity contribution >= 4 is 29.0 Å². The minimum atomic E-state index is -0.139. The third kappa shape index (κ3) is 3.34. The van der Waals surface area contributed by atoms with E-state index in [0.717, 1.165) is 31.5 Å². The Morgan fingerprint density at radius 3 is 2.81 bits per heavy atom. The Kier molecular flexibility index (Phi) is 4.92. The molecule has 1 aromatic rings. The average Bonchev–Trinajstić information content (AvgIpc) is 3.30. The van der Waals surface area contributed by atoms with Crippen molar-refractivity contribution < 1.29 is 9.59 Å². The molecule has 4 rings (SSSR count). The number of rotatable bonds is 2. The van der Waals surface area contributed by atoms with Crippen LogP contribution in [-0.2, 0) is 4.79 Å². The van der Waals surface area contributed by atoms with Crippen molar-refractivity contribution in [3.63, 3.8) is 0 Å². The lowest BCUT2D eigenvalue weighted by molar-refractivity contribution is -0.123. The molecule has 3 amide bonds. The summed E-state index contributed by atoms with van der Waals surface area (Å²) in [6, 6.07) is 2.41. The van der Waals surface area contributed by atoms with Crippen LogP contribution in [0.4, 0.5) is 10.5 Å². The standard InChI is InChI=1S/C19H28N4O2S/c1-21-11-17(24)23(16-7-10-26-12-16)14-19(21)8-9-22(13-19)18(25)20-15-5-3-2-4-6-15/h7,10,12,15H,2-6,8-9,11,13-14H2,1H3,(H,20,25)/t19-/m1/s1. The summed E-state index contributed by atoms with van der Waals surface area (Å²) in [6.45, 7) is 2.52. The Bertz CT molecular complexity index is 659. The van der Waals surface area contributed by atoms with Gasteiger partial charge in [-0.15, -0.1) is 0 Å². The normalized spacial score (nSPS) is 28.1. The summed E-state index contributed by atoms with van der Waals surface area (Å²) in [5, 5.41) is 7.27. The molecule has 2 saturated heterocycles. The highest BCUT2D eigenvalue weighted by Gasteiger charge is 2.48. The molecule has 0 radical (unpaired) electrons. The zero-order valence-electron chi connectivity index (χ0n) is 15.4. The van der Waals surface area contributed by atoms with Crippen molar-refractivity contribution in [1.82, 2.24) is 15.1 Å². The van der Waals surface area contributed by atoms with Crippen molar-refractivity contribution in [3.05, 3.63) is 16.8 Å². The molecule has 3 heterocycles. The van der Waals surface area contributed by atoms with E-state index in [-0.39, 0.29) is 17.5 Å². The van der Waals surface area contributed by atoms with Crippen LogP contribution in [0.15, 0.2) is 16.8 Å². The third-order valence-corrected chi connectivity index (χ3v) is 6.98. The molecule has 6 nitrogen and oxygen atoms in total. The smallest absolute Gasteiger partial charge is 0.317 e. The highest BCUT2D eigenvalue weighted by Crippen LogP contribution is 2.34. The maximum absolute atomic E-state index is 12.7. The second-order valence-corrected chi connectivity index (χ2v) is 8.78. The lowest BCUT2D eigenvalue weighted by atomic mass is 9.93. The number of thiophene rings is 1. The van der Waals surface area contributed by atoms with E-state index in [9.17, 15) is 9.59 Å². The van der Waals surface area contributed by atoms with Crippen LogP contribution >= 0.6 is 11.3 Å². The maximum Gasteiger partial charge on any atom is 0.317 e. The lowest BCUT2D eigenvalue weighted by Gasteiger charge is -2.46. The fourth-order valence-corrected chi connectivity index (χ4v) is 5.23. The van der Waals surface area contributed by atoms with Crippen molar-refractivity contribution in [2.45, 2.75) is 50.1 Å². The second-order valence-electron chi connectivity index (χ2n) is 8.00. The Hall–Kier alpha value is -1.60. The van der Waals surface area contributed by atoms with Gasteiger partial charge in [-0.05, 0) is 37.8 Å². The summed E-state index contributed by atoms with van der Waals surface area (Å²) >= 11 is 1.61. The van der Waals surface area contributed by atoms with Crippen molar-refractivity contribution in [2.75, 3.05) is 38.1 Å². The number of anilines is 1. The summed E-state index contributed by atoms with van der Waals surface area (Å²) in [5.41, 5.74) is 0.845. The molecule has 7 heteroatoms. The summed E-state index contributed by atoms with van der Waals surface area (Å²) < 4.78 is 0. The van der Waals surface area contributed by atoms with Gasteiger partial charge in [0.15, 0.2) is 0 Å². The molecule has 3 aliphatic rings. The zero-order chi connectivity index (χ0) is 18.1. The summed E-state index contributed by atoms with van der Waals surface area (Å²) in [4.78, 5) is 31.3. The van der Waals surface area contributed by atoms with Crippen LogP contribution in [0.25, 0.3) is 0 Å². The van der Waals surface area contributed by atoms with Crippen LogP contribution in [0.3, 0.4) is 0 Å². The van der Waals surface area contributed by atoms with Gasteiger partial charge in [-0.2, -0.15) is 11.3 Å². The fourth-order valence-electron chi connectivity index (χ4n) is 4.59. The van der Waals surface area contributed by atoms with Gasteiger partial charge in [0.05, 0.1) is 17.8 Å². The van der Waals surface area contributed by atoms with Crippen LogP contribution < -0.4 is 10.2 Å². The van der Waals surface area contributed by atoms with E-state index < -0.39 is 0 Å². The minimum absolute atomic E-state index is 0.0705. The molecule has 0 bridgehead atoms. The highest BCUT2D eigenvalue weighted by molar-refractivity contribution is 7.08. The number of likely N-dealkylation sites (N-methyl/N-ethyl adjacent to an activating group) is 1. The van der Waals surface area contributed by atoms with Gasteiger partial charge in [-0.25, -0.2) is 4.79 Å². The largest absolute Gasteiger partial charge is 0.335 e. The quantitative estimate of drug-likeness (QED) is 0.863. The predicted molar refractivity (Wildman–Crippen MR) is 104 cm³/mol. The number of hydrogen-bond donors (Lipinski definition) is 1. The number of urea groups is 1. The van der Waals surface area contributed by atoms with Crippen molar-refractivity contribution in [3.8, 4) is 0 Å². The molecule has 1 N–H and O–H groups in total. The van der Waals surface area contributed by atoms with Gasteiger partial charge in [0.25, 0.3) is 0 Å². The molecule has 1 aromatic heterocycles. The summed E-state index contributed by atoms with van der Waals surface area (Å²) in [6.07, 6.45) is 6.84. The molecule has 0 unspecified atom stereocenters. The van der Waals surface area contributed by atoms with Gasteiger partial charge < -0.3 is 15.1 Å². The number of hydrogen-bond acceptors (Lipinski definition) is 4. The number of piperazine rings is 1. The molecule has 2 aliphatic heterocycles. The molecule has 3 fully saturated rings. The van der Waals surface area contributed by atoms with Crippen LogP contribution in [0.2, 0.25) is 0 Å². The topological polar surface area (TPSA) is 55.9 Å². The fraction of sp³-hybridized carbons (Fsp3) is 0.684. The van der Waals surface area contributed by atoms with Gasteiger partial charge in [0.1, 0.15) is 0 Å². The Morgan fingerprint density at radius 1 is 1.27 bits per heavy atom. The number of carbonyl (C=O) groups excluding carboxylic acids is 2. The van der Waals surface area contributed by atoms with Crippen molar-refractivity contribution in [1.29, 1.82) is 0 Å². The van der Waals surface area contributed by atoms with E-state index in [1.165, 1.54) is 19.3 Å². The van der Waals surface area contributed by atoms with Crippen molar-refractivity contribution in [2.24, 2.45) is 0 Å². The molecule has 0 aromatic carbocycles. The molecular weight excluding hydrogens is 348 g/mol. The monoisotopic (exact) mass is 376 g/mol. The third-order valence-electron chi connectivity index (χ3n) is 6.31. The number of amides is 3. The molecule has 1 aliphatic carbocycles. The van der Waals surface area contributed by atoms with Gasteiger partial charge in [-0.1, -0.05) is 19.3 Å². The Balaban J connectivity index is 1.43. The first kappa shape index (κ1) is 17.8. The molecule has 26 heavy (non-hydrogen) atoms. The zero-order valence-corrected chi connectivity index (χ0v) is 16.3. The average molecular weight is 377 g/mol. The first-order valence-corrected chi connectivity index (χ1v) is 10.6. The Morgan fingerprint density at radius 2 is 2.08 bits per heavy atom. The SMILES string of the molecule is CN1CC(=O)N(c2ccsc2)C[C@]12CCN(C(=O)NC1CCCCC1)C2. The molecule has 142 valence electrons. The summed E-state index contributed by atoms with van der Waals surface area (Å²) in [7, 11) is 2.02.